The number of amides is 1. The number of rotatable bonds is 11. The van der Waals surface area contributed by atoms with E-state index in [9.17, 15) is 17.4 Å². The number of sulfonamides is 1. The van der Waals surface area contributed by atoms with Crippen molar-refractivity contribution >= 4 is 49.5 Å². The van der Waals surface area contributed by atoms with E-state index in [1.165, 1.54) is 12.1 Å². The number of nitrogens with zero attached hydrogens (tertiary/aromatic N) is 1. The molecule has 2 atom stereocenters. The summed E-state index contributed by atoms with van der Waals surface area (Å²) in [6.45, 7) is 0. The SMILES string of the molecule is COc1ccc(OS(=O)c2ccc(OC(C(=O)Nc3ccc(NS(C)(=O)=O)cc3)c3nc4ccccc4o3)cc2)cc1. The Labute approximate surface area is 244 Å². The van der Waals surface area contributed by atoms with Gasteiger partial charge in [-0.1, -0.05) is 12.1 Å². The number of carbonyl (C=O) groups excluding carboxylic acids is 1. The Bertz CT molecular complexity index is 1790. The fraction of sp³-hybridized carbons (Fsp3) is 0.103. The topological polar surface area (TPSA) is 146 Å². The van der Waals surface area contributed by atoms with Crippen LogP contribution in [0.15, 0.2) is 106 Å². The Kier molecular flexibility index (Phi) is 8.41. The quantitative estimate of drug-likeness (QED) is 0.210. The fourth-order valence-electron chi connectivity index (χ4n) is 3.79. The Hall–Kier alpha value is -4.88. The highest BCUT2D eigenvalue weighted by molar-refractivity contribution is 7.92. The van der Waals surface area contributed by atoms with Gasteiger partial charge in [-0.15, -0.1) is 0 Å². The van der Waals surface area contributed by atoms with Gasteiger partial charge in [-0.25, -0.2) is 17.6 Å². The number of benzene rings is 4. The highest BCUT2D eigenvalue weighted by Crippen LogP contribution is 2.28. The number of ether oxygens (including phenoxy) is 2. The summed E-state index contributed by atoms with van der Waals surface area (Å²) in [6, 6.07) is 26.1. The van der Waals surface area contributed by atoms with Gasteiger partial charge < -0.3 is 23.4 Å². The summed E-state index contributed by atoms with van der Waals surface area (Å²) in [4.78, 5) is 18.2. The van der Waals surface area contributed by atoms with Crippen LogP contribution in [0.25, 0.3) is 11.1 Å². The molecule has 11 nitrogen and oxygen atoms in total. The van der Waals surface area contributed by atoms with Gasteiger partial charge in [0.15, 0.2) is 5.58 Å². The minimum atomic E-state index is -3.45. The van der Waals surface area contributed by atoms with Gasteiger partial charge in [0.05, 0.1) is 18.3 Å². The zero-order valence-corrected chi connectivity index (χ0v) is 24.0. The van der Waals surface area contributed by atoms with Gasteiger partial charge in [0.1, 0.15) is 22.8 Å². The lowest BCUT2D eigenvalue weighted by Crippen LogP contribution is -2.26. The van der Waals surface area contributed by atoms with E-state index in [2.05, 4.69) is 15.0 Å². The van der Waals surface area contributed by atoms with Crippen LogP contribution in [-0.4, -0.2) is 36.9 Å². The van der Waals surface area contributed by atoms with Gasteiger partial charge in [-0.3, -0.25) is 9.52 Å². The Morgan fingerprint density at radius 1 is 0.857 bits per heavy atom. The minimum Gasteiger partial charge on any atom is -0.497 e. The second-order valence-corrected chi connectivity index (χ2v) is 11.8. The van der Waals surface area contributed by atoms with Gasteiger partial charge in [0.2, 0.25) is 27.0 Å². The average molecular weight is 608 g/mol. The molecule has 0 aliphatic heterocycles. The number of hydrogen-bond acceptors (Lipinski definition) is 9. The molecule has 1 amide bonds. The van der Waals surface area contributed by atoms with E-state index >= 15 is 0 Å². The molecule has 42 heavy (non-hydrogen) atoms. The number of para-hydroxylation sites is 2. The van der Waals surface area contributed by atoms with Crippen molar-refractivity contribution in [2.45, 2.75) is 11.0 Å². The summed E-state index contributed by atoms with van der Waals surface area (Å²) in [5.41, 5.74) is 1.76. The van der Waals surface area contributed by atoms with Crippen LogP contribution >= 0.6 is 0 Å². The highest BCUT2D eigenvalue weighted by Gasteiger charge is 2.29. The van der Waals surface area contributed by atoms with Crippen molar-refractivity contribution < 1.29 is 35.5 Å². The summed E-state index contributed by atoms with van der Waals surface area (Å²) in [7, 11) is -1.90. The standard InChI is InChI=1S/C29H25N3O8S2/c1-37-21-11-13-23(14-12-21)40-41(34)24-17-15-22(16-18-24)38-27(29-31-25-5-3-4-6-26(25)39-29)28(33)30-19-7-9-20(10-8-19)32-42(2,35)36/h3-18,27,32H,1-2H3,(H,30,33). The zero-order valence-electron chi connectivity index (χ0n) is 22.3. The lowest BCUT2D eigenvalue weighted by atomic mass is 10.2. The first kappa shape index (κ1) is 28.6. The minimum absolute atomic E-state index is 0.0274. The van der Waals surface area contributed by atoms with E-state index in [4.69, 9.17) is 18.1 Å². The van der Waals surface area contributed by atoms with E-state index in [-0.39, 0.29) is 11.6 Å². The van der Waals surface area contributed by atoms with Crippen LogP contribution in [0, 0.1) is 0 Å². The van der Waals surface area contributed by atoms with Crippen LogP contribution in [0.1, 0.15) is 12.0 Å². The number of anilines is 2. The number of hydrogen-bond donors (Lipinski definition) is 2. The van der Waals surface area contributed by atoms with E-state index in [0.29, 0.717) is 38.9 Å². The van der Waals surface area contributed by atoms with Crippen LogP contribution in [0.3, 0.4) is 0 Å². The Balaban J connectivity index is 1.34. The monoisotopic (exact) mass is 607 g/mol. The molecule has 1 aromatic heterocycles. The van der Waals surface area contributed by atoms with Gasteiger partial charge in [0, 0.05) is 11.4 Å². The van der Waals surface area contributed by atoms with Crippen LogP contribution < -0.4 is 23.7 Å². The molecule has 0 bridgehead atoms. The average Bonchev–Trinajstić information content (AvgIpc) is 3.41. The molecule has 0 radical (unpaired) electrons. The lowest BCUT2D eigenvalue weighted by Gasteiger charge is -2.16. The van der Waals surface area contributed by atoms with Crippen LogP contribution in [0.2, 0.25) is 0 Å². The number of aromatic nitrogens is 1. The van der Waals surface area contributed by atoms with E-state index in [0.717, 1.165) is 6.26 Å². The molecule has 5 rings (SSSR count). The van der Waals surface area contributed by atoms with Crippen molar-refractivity contribution in [2.24, 2.45) is 0 Å². The van der Waals surface area contributed by atoms with Crippen LogP contribution in [-0.2, 0) is 25.9 Å². The normalized spacial score (nSPS) is 12.7. The molecule has 4 aromatic carbocycles. The summed E-state index contributed by atoms with van der Waals surface area (Å²) in [5.74, 6) is 0.783. The zero-order chi connectivity index (χ0) is 29.7. The first-order valence-corrected chi connectivity index (χ1v) is 15.4. The number of carbonyl (C=O) groups is 1. The van der Waals surface area contributed by atoms with Crippen molar-refractivity contribution in [1.82, 2.24) is 4.98 Å². The summed E-state index contributed by atoms with van der Waals surface area (Å²) in [6.07, 6.45) is -0.249. The highest BCUT2D eigenvalue weighted by atomic mass is 32.2. The predicted molar refractivity (Wildman–Crippen MR) is 157 cm³/mol. The lowest BCUT2D eigenvalue weighted by molar-refractivity contribution is -0.123. The largest absolute Gasteiger partial charge is 0.497 e. The van der Waals surface area contributed by atoms with Gasteiger partial charge in [-0.2, -0.15) is 0 Å². The molecule has 13 heteroatoms. The molecule has 216 valence electrons. The first-order valence-electron chi connectivity index (χ1n) is 12.4. The smallest absolute Gasteiger partial charge is 0.275 e. The molecule has 0 aliphatic rings. The number of fused-ring (bicyclic) bond motifs is 1. The predicted octanol–water partition coefficient (Wildman–Crippen LogP) is 5.07. The molecule has 0 aliphatic carbocycles. The summed E-state index contributed by atoms with van der Waals surface area (Å²) < 4.78 is 60.5. The molecule has 5 aromatic rings. The maximum atomic E-state index is 13.4. The third kappa shape index (κ3) is 7.25. The fourth-order valence-corrected chi connectivity index (χ4v) is 5.10. The Morgan fingerprint density at radius 3 is 2.12 bits per heavy atom. The van der Waals surface area contributed by atoms with Crippen molar-refractivity contribution in [3.8, 4) is 17.2 Å². The molecule has 0 saturated carbocycles. The maximum absolute atomic E-state index is 13.4. The number of methoxy groups -OCH3 is 1. The van der Waals surface area contributed by atoms with Gasteiger partial charge >= 0.3 is 0 Å². The van der Waals surface area contributed by atoms with Crippen molar-refractivity contribution in [2.75, 3.05) is 23.4 Å². The van der Waals surface area contributed by atoms with Crippen LogP contribution in [0.4, 0.5) is 11.4 Å². The summed E-state index contributed by atoms with van der Waals surface area (Å²) >= 11 is -1.80. The Morgan fingerprint density at radius 2 is 1.48 bits per heavy atom. The molecule has 2 unspecified atom stereocenters. The number of nitrogens with one attached hydrogen (secondary N) is 2. The second-order valence-electron chi connectivity index (χ2n) is 8.92. The first-order chi connectivity index (χ1) is 20.2. The molecule has 0 spiro atoms. The molecule has 1 heterocycles. The third-order valence-corrected chi connectivity index (χ3v) is 7.34. The molecular weight excluding hydrogens is 582 g/mol. The third-order valence-electron chi connectivity index (χ3n) is 5.73. The molecule has 0 fully saturated rings. The molecule has 0 saturated heterocycles. The number of oxazole rings is 1. The van der Waals surface area contributed by atoms with E-state index in [1.807, 2.05) is 0 Å². The van der Waals surface area contributed by atoms with Gasteiger partial charge in [-0.05, 0) is 84.9 Å². The van der Waals surface area contributed by atoms with E-state index < -0.39 is 33.1 Å². The van der Waals surface area contributed by atoms with Crippen molar-refractivity contribution in [3.63, 3.8) is 0 Å². The second kappa shape index (κ2) is 12.3. The van der Waals surface area contributed by atoms with Crippen molar-refractivity contribution in [1.29, 1.82) is 0 Å². The molecule has 2 N–H and O–H groups in total. The van der Waals surface area contributed by atoms with E-state index in [1.54, 1.807) is 92.0 Å². The van der Waals surface area contributed by atoms with Crippen molar-refractivity contribution in [3.05, 3.63) is 103 Å². The van der Waals surface area contributed by atoms with Gasteiger partial charge in [0.25, 0.3) is 12.0 Å². The van der Waals surface area contributed by atoms with Crippen LogP contribution in [0.5, 0.6) is 17.2 Å². The summed E-state index contributed by atoms with van der Waals surface area (Å²) in [5, 5.41) is 2.74. The molecular formula is C29H25N3O8S2. The maximum Gasteiger partial charge on any atom is 0.275 e.